The molecule has 1 aromatic carbocycles. The second-order valence-electron chi connectivity index (χ2n) is 4.10. The zero-order valence-electron chi connectivity index (χ0n) is 10.4. The number of hydrogen-bond donors (Lipinski definition) is 1. The number of aryl methyl sites for hydroxylation is 1. The third kappa shape index (κ3) is 2.58. The number of hydrogen-bond acceptors (Lipinski definition) is 4. The maximum Gasteiger partial charge on any atom is 0.292 e. The van der Waals surface area contributed by atoms with Crippen molar-refractivity contribution >= 4 is 28.9 Å². The van der Waals surface area contributed by atoms with E-state index < -0.39 is 5.56 Å². The number of benzene rings is 1. The third-order valence-electron chi connectivity index (χ3n) is 2.67. The van der Waals surface area contributed by atoms with Crippen LogP contribution in [0.3, 0.4) is 0 Å². The van der Waals surface area contributed by atoms with Gasteiger partial charge in [-0.25, -0.2) is 5.84 Å². The van der Waals surface area contributed by atoms with Crippen molar-refractivity contribution in [2.45, 2.75) is 6.92 Å². The number of anilines is 1. The molecule has 0 aliphatic rings. The van der Waals surface area contributed by atoms with E-state index in [1.54, 1.807) is 25.2 Å². The molecule has 100 valence electrons. The Morgan fingerprint density at radius 3 is 2.63 bits per heavy atom. The van der Waals surface area contributed by atoms with E-state index in [9.17, 15) is 4.79 Å². The van der Waals surface area contributed by atoms with Crippen molar-refractivity contribution in [2.75, 3.05) is 12.1 Å². The van der Waals surface area contributed by atoms with E-state index >= 15 is 0 Å². The molecule has 1 aromatic heterocycles. The molecule has 0 amide bonds. The Labute approximate surface area is 120 Å². The molecule has 2 N–H and O–H groups in total. The van der Waals surface area contributed by atoms with Crippen molar-refractivity contribution in [1.82, 2.24) is 9.78 Å². The molecular formula is C12H12Cl2N4O. The maximum atomic E-state index is 12.2. The molecule has 0 unspecified atom stereocenters. The lowest BCUT2D eigenvalue weighted by molar-refractivity contribution is 0.795. The van der Waals surface area contributed by atoms with Crippen LogP contribution < -0.4 is 16.4 Å². The molecule has 0 radical (unpaired) electrons. The van der Waals surface area contributed by atoms with Gasteiger partial charge in [-0.15, -0.1) is 0 Å². The van der Waals surface area contributed by atoms with Crippen LogP contribution in [0.1, 0.15) is 5.56 Å². The highest BCUT2D eigenvalue weighted by molar-refractivity contribution is 6.33. The van der Waals surface area contributed by atoms with Gasteiger partial charge < -0.3 is 5.01 Å². The molecule has 19 heavy (non-hydrogen) atoms. The lowest BCUT2D eigenvalue weighted by Gasteiger charge is -2.15. The summed E-state index contributed by atoms with van der Waals surface area (Å²) in [6.45, 7) is 1.84. The Hall–Kier alpha value is -1.56. The van der Waals surface area contributed by atoms with E-state index in [4.69, 9.17) is 29.0 Å². The second-order valence-corrected chi connectivity index (χ2v) is 4.92. The van der Waals surface area contributed by atoms with Crippen LogP contribution in [0.25, 0.3) is 5.69 Å². The standard InChI is InChI=1S/C12H12Cl2N4O/c1-7-5-8(13)3-4-9(7)18-12(19)11(14)10(6-16-18)17(2)15/h3-6H,15H2,1-2H3. The second kappa shape index (κ2) is 5.21. The summed E-state index contributed by atoms with van der Waals surface area (Å²) in [7, 11) is 1.58. The fourth-order valence-corrected chi connectivity index (χ4v) is 2.19. The van der Waals surface area contributed by atoms with Crippen LogP contribution in [0.5, 0.6) is 0 Å². The summed E-state index contributed by atoms with van der Waals surface area (Å²) in [5.41, 5.74) is 1.39. The van der Waals surface area contributed by atoms with Gasteiger partial charge in [-0.3, -0.25) is 4.79 Å². The van der Waals surface area contributed by atoms with E-state index in [2.05, 4.69) is 5.10 Å². The first-order valence-electron chi connectivity index (χ1n) is 5.44. The van der Waals surface area contributed by atoms with E-state index in [-0.39, 0.29) is 5.02 Å². The Bertz CT molecular complexity index is 682. The topological polar surface area (TPSA) is 64.2 Å². The van der Waals surface area contributed by atoms with Gasteiger partial charge in [0.05, 0.1) is 17.6 Å². The van der Waals surface area contributed by atoms with Gasteiger partial charge in [-0.2, -0.15) is 9.78 Å². The first-order chi connectivity index (χ1) is 8.91. The summed E-state index contributed by atoms with van der Waals surface area (Å²) in [6, 6.07) is 5.16. The normalized spacial score (nSPS) is 10.6. The zero-order chi connectivity index (χ0) is 14.2. The van der Waals surface area contributed by atoms with Crippen molar-refractivity contribution in [3.63, 3.8) is 0 Å². The highest BCUT2D eigenvalue weighted by atomic mass is 35.5. The summed E-state index contributed by atoms with van der Waals surface area (Å²) in [6.07, 6.45) is 1.44. The number of halogens is 2. The first-order valence-corrected chi connectivity index (χ1v) is 6.20. The highest BCUT2D eigenvalue weighted by Gasteiger charge is 2.13. The van der Waals surface area contributed by atoms with Gasteiger partial charge >= 0.3 is 0 Å². The van der Waals surface area contributed by atoms with Gasteiger partial charge in [0, 0.05) is 12.1 Å². The van der Waals surface area contributed by atoms with E-state index in [0.29, 0.717) is 16.4 Å². The van der Waals surface area contributed by atoms with Crippen LogP contribution in [0.15, 0.2) is 29.2 Å². The Kier molecular flexibility index (Phi) is 3.80. The molecule has 0 spiro atoms. The SMILES string of the molecule is Cc1cc(Cl)ccc1-n1ncc(N(C)N)c(Cl)c1=O. The van der Waals surface area contributed by atoms with Gasteiger partial charge in [0.15, 0.2) is 0 Å². The Morgan fingerprint density at radius 1 is 1.37 bits per heavy atom. The van der Waals surface area contributed by atoms with Crippen LogP contribution in [0, 0.1) is 6.92 Å². The average molecular weight is 299 g/mol. The largest absolute Gasteiger partial charge is 0.311 e. The van der Waals surface area contributed by atoms with Gasteiger partial charge in [-0.1, -0.05) is 23.2 Å². The molecule has 0 fully saturated rings. The fourth-order valence-electron chi connectivity index (χ4n) is 1.70. The molecule has 0 aliphatic heterocycles. The number of rotatable bonds is 2. The predicted octanol–water partition coefficient (Wildman–Crippen LogP) is 2.16. The zero-order valence-corrected chi connectivity index (χ0v) is 11.9. The third-order valence-corrected chi connectivity index (χ3v) is 3.26. The minimum absolute atomic E-state index is 0.0225. The van der Waals surface area contributed by atoms with E-state index in [1.165, 1.54) is 15.9 Å². The molecule has 0 saturated heterocycles. The molecular weight excluding hydrogens is 287 g/mol. The molecule has 7 heteroatoms. The van der Waals surface area contributed by atoms with Crippen LogP contribution >= 0.6 is 23.2 Å². The van der Waals surface area contributed by atoms with Crippen molar-refractivity contribution < 1.29 is 0 Å². The van der Waals surface area contributed by atoms with Crippen LogP contribution in [-0.2, 0) is 0 Å². The molecule has 0 atom stereocenters. The summed E-state index contributed by atoms with van der Waals surface area (Å²) < 4.78 is 1.22. The van der Waals surface area contributed by atoms with Gasteiger partial charge in [0.2, 0.25) is 0 Å². The van der Waals surface area contributed by atoms with Crippen molar-refractivity contribution in [3.05, 3.63) is 50.4 Å². The number of nitrogens with zero attached hydrogens (tertiary/aromatic N) is 3. The maximum absolute atomic E-state index is 12.2. The van der Waals surface area contributed by atoms with E-state index in [0.717, 1.165) is 5.56 Å². The highest BCUT2D eigenvalue weighted by Crippen LogP contribution is 2.21. The predicted molar refractivity (Wildman–Crippen MR) is 77.2 cm³/mol. The molecule has 0 saturated carbocycles. The number of nitrogens with two attached hydrogens (primary N) is 1. The summed E-state index contributed by atoms with van der Waals surface area (Å²) >= 11 is 11.9. The van der Waals surface area contributed by atoms with E-state index in [1.807, 2.05) is 6.92 Å². The van der Waals surface area contributed by atoms with Crippen molar-refractivity contribution in [1.29, 1.82) is 0 Å². The Morgan fingerprint density at radius 2 is 2.05 bits per heavy atom. The van der Waals surface area contributed by atoms with Crippen LogP contribution in [0.4, 0.5) is 5.69 Å². The fraction of sp³-hybridized carbons (Fsp3) is 0.167. The average Bonchev–Trinajstić information content (AvgIpc) is 2.33. The smallest absolute Gasteiger partial charge is 0.292 e. The summed E-state index contributed by atoms with van der Waals surface area (Å²) in [5, 5.41) is 5.94. The van der Waals surface area contributed by atoms with Crippen LogP contribution in [0.2, 0.25) is 10.0 Å². The van der Waals surface area contributed by atoms with Crippen molar-refractivity contribution in [2.24, 2.45) is 5.84 Å². The molecule has 0 aliphatic carbocycles. The molecule has 2 aromatic rings. The van der Waals surface area contributed by atoms with Gasteiger partial charge in [-0.05, 0) is 30.7 Å². The first kappa shape index (κ1) is 13.9. The molecule has 5 nitrogen and oxygen atoms in total. The summed E-state index contributed by atoms with van der Waals surface area (Å²) in [5.74, 6) is 5.57. The minimum Gasteiger partial charge on any atom is -0.311 e. The summed E-state index contributed by atoms with van der Waals surface area (Å²) in [4.78, 5) is 12.2. The quantitative estimate of drug-likeness (QED) is 0.682. The van der Waals surface area contributed by atoms with Crippen molar-refractivity contribution in [3.8, 4) is 5.69 Å². The molecule has 0 bridgehead atoms. The Balaban J connectivity index is 2.65. The number of aromatic nitrogens is 2. The van der Waals surface area contributed by atoms with Crippen LogP contribution in [-0.4, -0.2) is 16.8 Å². The number of hydrazine groups is 1. The monoisotopic (exact) mass is 298 g/mol. The van der Waals surface area contributed by atoms with Gasteiger partial charge in [0.1, 0.15) is 5.02 Å². The van der Waals surface area contributed by atoms with Gasteiger partial charge in [0.25, 0.3) is 5.56 Å². The molecule has 2 rings (SSSR count). The minimum atomic E-state index is -0.429. The lowest BCUT2D eigenvalue weighted by atomic mass is 10.2. The lowest BCUT2D eigenvalue weighted by Crippen LogP contribution is -2.30. The molecule has 1 heterocycles.